The second-order valence-electron chi connectivity index (χ2n) is 13.8. The van der Waals surface area contributed by atoms with Crippen molar-refractivity contribution >= 4 is 11.8 Å². The third kappa shape index (κ3) is 3.82. The number of anilines is 1. The summed E-state index contributed by atoms with van der Waals surface area (Å²) in [6, 6.07) is 7.32. The largest absolute Gasteiger partial charge is 0.461 e. The first-order valence-electron chi connectivity index (χ1n) is 14.4. The molecule has 3 aliphatic heterocycles. The van der Waals surface area contributed by atoms with Gasteiger partial charge in [-0.2, -0.15) is 5.26 Å². The molecule has 2 fully saturated rings. The van der Waals surface area contributed by atoms with Gasteiger partial charge in [0.25, 0.3) is 0 Å². The number of nitrogens with zero attached hydrogens (tertiary/aromatic N) is 2. The van der Waals surface area contributed by atoms with Gasteiger partial charge in [-0.3, -0.25) is 0 Å². The molecule has 0 amide bonds. The molecule has 0 spiro atoms. The van der Waals surface area contributed by atoms with Crippen LogP contribution in [0.2, 0.25) is 0 Å². The highest BCUT2D eigenvalue weighted by Gasteiger charge is 2.53. The number of rotatable bonds is 2. The van der Waals surface area contributed by atoms with Crippen molar-refractivity contribution in [2.24, 2.45) is 17.3 Å². The zero-order chi connectivity index (χ0) is 26.2. The lowest BCUT2D eigenvalue weighted by molar-refractivity contribution is 0.223. The molecule has 2 aliphatic carbocycles. The molecule has 0 radical (unpaired) electrons. The molecule has 0 aromatic heterocycles. The van der Waals surface area contributed by atoms with Crippen LogP contribution < -0.4 is 4.90 Å². The predicted molar refractivity (Wildman–Crippen MR) is 152 cm³/mol. The van der Waals surface area contributed by atoms with E-state index in [0.29, 0.717) is 0 Å². The lowest BCUT2D eigenvalue weighted by atomic mass is 9.63. The van der Waals surface area contributed by atoms with E-state index in [1.54, 1.807) is 16.8 Å². The molecule has 0 saturated heterocycles. The van der Waals surface area contributed by atoms with Crippen LogP contribution >= 0.6 is 0 Å². The zero-order valence-corrected chi connectivity index (χ0v) is 23.6. The molecule has 3 heteroatoms. The number of hydrogen-bond acceptors (Lipinski definition) is 3. The van der Waals surface area contributed by atoms with Crippen LogP contribution in [0.5, 0.6) is 0 Å². The minimum absolute atomic E-state index is 0.133. The minimum atomic E-state index is -0.133. The molecule has 4 atom stereocenters. The molecule has 4 unspecified atom stereocenters. The Morgan fingerprint density at radius 1 is 1.00 bits per heavy atom. The first-order chi connectivity index (χ1) is 17.5. The monoisotopic (exact) mass is 494 g/mol. The molecule has 3 nitrogen and oxygen atoms in total. The lowest BCUT2D eigenvalue weighted by Gasteiger charge is -2.53. The van der Waals surface area contributed by atoms with Gasteiger partial charge in [0.1, 0.15) is 11.5 Å². The summed E-state index contributed by atoms with van der Waals surface area (Å²) in [6.45, 7) is 15.9. The molecular weight excluding hydrogens is 452 g/mol. The van der Waals surface area contributed by atoms with Crippen molar-refractivity contribution in [1.29, 1.82) is 5.26 Å². The lowest BCUT2D eigenvalue weighted by Crippen LogP contribution is -2.52. The van der Waals surface area contributed by atoms with Gasteiger partial charge in [-0.05, 0) is 108 Å². The van der Waals surface area contributed by atoms with Crippen molar-refractivity contribution < 1.29 is 4.74 Å². The maximum absolute atomic E-state index is 9.54. The number of benzene rings is 1. The van der Waals surface area contributed by atoms with E-state index >= 15 is 0 Å². The summed E-state index contributed by atoms with van der Waals surface area (Å²) in [5.41, 5.74) is 8.16. The van der Waals surface area contributed by atoms with Crippen LogP contribution in [0.15, 0.2) is 53.0 Å². The standard InChI is InChI=1S/C34H42N2O/c1-22(19-35)24-17-27(37-30(18-24)32(2,3)4)12-11-23-15-28-31-29(16-23)34(6)14-8-10-26(34)21-36(31)20-25-9-7-13-33(25,28)5/h11-12,15-18,25-26H,7-10,13-14,20-21H2,1-6H3/b12-11+,24-22-. The van der Waals surface area contributed by atoms with Crippen molar-refractivity contribution in [3.63, 3.8) is 0 Å². The Morgan fingerprint density at radius 3 is 2.14 bits per heavy atom. The SMILES string of the molecule is C/C(C#N)=C1C=C(/C=C/c2cc3c4c(c2)C2(C)CCCC2CN4CC2CCCC32C)OC(C(C)(C)C)=C\1. The Kier molecular flexibility index (Phi) is 5.58. The van der Waals surface area contributed by atoms with Gasteiger partial charge in [-0.25, -0.2) is 0 Å². The third-order valence-corrected chi connectivity index (χ3v) is 10.5. The van der Waals surface area contributed by atoms with E-state index in [1.165, 1.54) is 57.2 Å². The summed E-state index contributed by atoms with van der Waals surface area (Å²) >= 11 is 0. The average Bonchev–Trinajstić information content (AvgIpc) is 3.44. The summed E-state index contributed by atoms with van der Waals surface area (Å²) in [7, 11) is 0. The van der Waals surface area contributed by atoms with Gasteiger partial charge in [0, 0.05) is 29.8 Å². The van der Waals surface area contributed by atoms with E-state index in [0.717, 1.165) is 34.5 Å². The minimum Gasteiger partial charge on any atom is -0.461 e. The summed E-state index contributed by atoms with van der Waals surface area (Å²) in [5.74, 6) is 3.24. The van der Waals surface area contributed by atoms with Crippen LogP contribution in [0.1, 0.15) is 96.8 Å². The topological polar surface area (TPSA) is 36.3 Å². The Labute approximate surface area is 223 Å². The quantitative estimate of drug-likeness (QED) is 0.388. The fraction of sp³-hybridized carbons (Fsp3) is 0.559. The molecule has 0 bridgehead atoms. The van der Waals surface area contributed by atoms with Crippen LogP contribution in [0.3, 0.4) is 0 Å². The fourth-order valence-electron chi connectivity index (χ4n) is 7.96. The van der Waals surface area contributed by atoms with E-state index in [4.69, 9.17) is 4.74 Å². The van der Waals surface area contributed by atoms with Crippen LogP contribution in [-0.2, 0) is 15.6 Å². The van der Waals surface area contributed by atoms with Crippen LogP contribution in [-0.4, -0.2) is 13.1 Å². The normalized spacial score (nSPS) is 33.7. The zero-order valence-electron chi connectivity index (χ0n) is 23.6. The highest BCUT2D eigenvalue weighted by Crippen LogP contribution is 2.60. The molecule has 5 aliphatic rings. The van der Waals surface area contributed by atoms with Crippen molar-refractivity contribution in [3.8, 4) is 6.07 Å². The summed E-state index contributed by atoms with van der Waals surface area (Å²) in [6.07, 6.45) is 16.4. The molecule has 0 N–H and O–H groups in total. The smallest absolute Gasteiger partial charge is 0.127 e. The van der Waals surface area contributed by atoms with Crippen molar-refractivity contribution in [2.75, 3.05) is 18.0 Å². The van der Waals surface area contributed by atoms with Crippen molar-refractivity contribution in [2.45, 2.75) is 90.9 Å². The fourth-order valence-corrected chi connectivity index (χ4v) is 7.96. The van der Waals surface area contributed by atoms with E-state index in [2.05, 4.69) is 69.9 Å². The molecule has 1 aromatic rings. The maximum atomic E-state index is 9.54. The van der Waals surface area contributed by atoms with Gasteiger partial charge in [0.2, 0.25) is 0 Å². The molecular formula is C34H42N2O. The van der Waals surface area contributed by atoms with Gasteiger partial charge in [0.15, 0.2) is 0 Å². The molecule has 6 rings (SSSR count). The van der Waals surface area contributed by atoms with Gasteiger partial charge in [-0.15, -0.1) is 0 Å². The van der Waals surface area contributed by atoms with Crippen molar-refractivity contribution in [3.05, 3.63) is 69.7 Å². The molecule has 37 heavy (non-hydrogen) atoms. The highest BCUT2D eigenvalue weighted by atomic mass is 16.5. The second kappa shape index (κ2) is 8.39. The Hall–Kier alpha value is -2.73. The Morgan fingerprint density at radius 2 is 1.59 bits per heavy atom. The number of fused-ring (bicyclic) bond motifs is 4. The Balaban J connectivity index is 1.44. The maximum Gasteiger partial charge on any atom is 0.127 e. The number of allylic oxidation sites excluding steroid dienone is 6. The average molecular weight is 495 g/mol. The molecule has 3 heterocycles. The number of nitriles is 1. The predicted octanol–water partition coefficient (Wildman–Crippen LogP) is 8.33. The van der Waals surface area contributed by atoms with E-state index in [1.807, 2.05) is 19.1 Å². The van der Waals surface area contributed by atoms with Gasteiger partial charge in [-0.1, -0.05) is 53.5 Å². The van der Waals surface area contributed by atoms with Gasteiger partial charge < -0.3 is 9.64 Å². The van der Waals surface area contributed by atoms with Crippen molar-refractivity contribution in [1.82, 2.24) is 0 Å². The Bertz CT molecular complexity index is 1260. The summed E-state index contributed by atoms with van der Waals surface area (Å²) < 4.78 is 6.36. The van der Waals surface area contributed by atoms with E-state index in [9.17, 15) is 5.26 Å². The van der Waals surface area contributed by atoms with Crippen LogP contribution in [0.25, 0.3) is 6.08 Å². The third-order valence-electron chi connectivity index (χ3n) is 10.5. The van der Waals surface area contributed by atoms with E-state index < -0.39 is 0 Å². The molecule has 194 valence electrons. The molecule has 2 saturated carbocycles. The first kappa shape index (κ1) is 24.6. The number of hydrogen-bond donors (Lipinski definition) is 0. The molecule has 1 aromatic carbocycles. The van der Waals surface area contributed by atoms with Gasteiger partial charge in [0.05, 0.1) is 6.07 Å². The second-order valence-corrected chi connectivity index (χ2v) is 13.8. The first-order valence-corrected chi connectivity index (χ1v) is 14.4. The van der Waals surface area contributed by atoms with Crippen LogP contribution in [0.4, 0.5) is 5.69 Å². The summed E-state index contributed by atoms with van der Waals surface area (Å²) in [5, 5.41) is 9.54. The van der Waals surface area contributed by atoms with Gasteiger partial charge >= 0.3 is 0 Å². The van der Waals surface area contributed by atoms with E-state index in [-0.39, 0.29) is 16.2 Å². The number of ether oxygens (including phenoxy) is 1. The highest BCUT2D eigenvalue weighted by molar-refractivity contribution is 5.73. The van der Waals surface area contributed by atoms with Crippen LogP contribution in [0, 0.1) is 28.6 Å². The summed E-state index contributed by atoms with van der Waals surface area (Å²) in [4.78, 5) is 2.78.